The number of rotatable bonds is 2. The van der Waals surface area contributed by atoms with E-state index in [4.69, 9.17) is 0 Å². The van der Waals surface area contributed by atoms with Crippen molar-refractivity contribution in [3.63, 3.8) is 0 Å². The summed E-state index contributed by atoms with van der Waals surface area (Å²) in [7, 11) is 1.90. The summed E-state index contributed by atoms with van der Waals surface area (Å²) in [5, 5.41) is 2.17. The summed E-state index contributed by atoms with van der Waals surface area (Å²) in [6.07, 6.45) is 4.81. The van der Waals surface area contributed by atoms with E-state index in [0.29, 0.717) is 6.04 Å². The molecule has 3 rings (SSSR count). The third kappa shape index (κ3) is 2.14. The Morgan fingerprint density at radius 2 is 2.00 bits per heavy atom. The molecule has 1 aromatic rings. The van der Waals surface area contributed by atoms with E-state index in [1.54, 1.807) is 0 Å². The van der Waals surface area contributed by atoms with Gasteiger partial charge in [-0.2, -0.15) is 0 Å². The van der Waals surface area contributed by atoms with Crippen LogP contribution in [0.25, 0.3) is 0 Å². The zero-order valence-electron chi connectivity index (χ0n) is 10.8. The summed E-state index contributed by atoms with van der Waals surface area (Å²) >= 11 is 1.88. The van der Waals surface area contributed by atoms with Crippen LogP contribution in [0.1, 0.15) is 36.5 Å². The normalized spacial score (nSPS) is 29.1. The monoisotopic (exact) mass is 264 g/mol. The molecule has 0 unspecified atom stereocenters. The van der Waals surface area contributed by atoms with Crippen molar-refractivity contribution in [2.45, 2.75) is 37.6 Å². The van der Waals surface area contributed by atoms with Gasteiger partial charge >= 0.3 is 6.03 Å². The molecule has 0 bridgehead atoms. The Kier molecular flexibility index (Phi) is 3.29. The number of hydrogen-bond acceptors (Lipinski definition) is 2. The highest BCUT2D eigenvalue weighted by atomic mass is 32.1. The molecule has 2 fully saturated rings. The lowest BCUT2D eigenvalue weighted by Crippen LogP contribution is -2.40. The third-order valence-corrected chi connectivity index (χ3v) is 5.37. The first kappa shape index (κ1) is 12.0. The highest BCUT2D eigenvalue weighted by Crippen LogP contribution is 2.37. The topological polar surface area (TPSA) is 23.6 Å². The minimum atomic E-state index is 0.231. The number of carbonyl (C=O) groups is 1. The molecule has 0 spiro atoms. The van der Waals surface area contributed by atoms with Crippen molar-refractivity contribution < 1.29 is 4.79 Å². The molecule has 3 nitrogen and oxygen atoms in total. The van der Waals surface area contributed by atoms with Crippen LogP contribution in [0.4, 0.5) is 4.79 Å². The second kappa shape index (κ2) is 4.92. The maximum Gasteiger partial charge on any atom is 0.320 e. The van der Waals surface area contributed by atoms with Crippen LogP contribution in [0.15, 0.2) is 17.5 Å². The van der Waals surface area contributed by atoms with Crippen LogP contribution in [0, 0.1) is 0 Å². The fourth-order valence-corrected chi connectivity index (χ4v) is 4.10. The number of thiophene rings is 1. The fraction of sp³-hybridized carbons (Fsp3) is 0.643. The highest BCUT2D eigenvalue weighted by Gasteiger charge is 2.34. The van der Waals surface area contributed by atoms with Crippen molar-refractivity contribution in [2.75, 3.05) is 20.1 Å². The average molecular weight is 264 g/mol. The maximum absolute atomic E-state index is 12.0. The van der Waals surface area contributed by atoms with Crippen molar-refractivity contribution in [2.24, 2.45) is 0 Å². The van der Waals surface area contributed by atoms with Gasteiger partial charge in [-0.25, -0.2) is 4.79 Å². The van der Waals surface area contributed by atoms with Gasteiger partial charge in [-0.05, 0) is 43.0 Å². The van der Waals surface area contributed by atoms with Crippen LogP contribution >= 0.6 is 11.3 Å². The quantitative estimate of drug-likeness (QED) is 0.805. The number of likely N-dealkylation sites (N-methyl/N-ethyl adjacent to an activating group) is 1. The molecule has 1 aliphatic carbocycles. The molecule has 4 heteroatoms. The number of carbonyl (C=O) groups excluding carboxylic acids is 1. The highest BCUT2D eigenvalue weighted by molar-refractivity contribution is 7.10. The second-order valence-corrected chi connectivity index (χ2v) is 6.40. The van der Waals surface area contributed by atoms with Crippen LogP contribution in [0.3, 0.4) is 0 Å². The lowest BCUT2D eigenvalue weighted by molar-refractivity contribution is 0.164. The van der Waals surface area contributed by atoms with Gasteiger partial charge in [-0.15, -0.1) is 11.3 Å². The Morgan fingerprint density at radius 1 is 1.22 bits per heavy atom. The van der Waals surface area contributed by atoms with Gasteiger partial charge in [0.25, 0.3) is 0 Å². The zero-order chi connectivity index (χ0) is 12.5. The lowest BCUT2D eigenvalue weighted by Gasteiger charge is -2.34. The van der Waals surface area contributed by atoms with Crippen molar-refractivity contribution in [1.82, 2.24) is 9.80 Å². The van der Waals surface area contributed by atoms with Gasteiger partial charge in [0.05, 0.1) is 0 Å². The SMILES string of the molecule is CN1CCN(C2CCC(c3cccs3)CC2)C1=O. The molecule has 0 aromatic carbocycles. The molecule has 2 aliphatic rings. The first-order chi connectivity index (χ1) is 8.75. The third-order valence-electron chi connectivity index (χ3n) is 4.33. The Balaban J connectivity index is 1.59. The molecule has 2 amide bonds. The molecular weight excluding hydrogens is 244 g/mol. The van der Waals surface area contributed by atoms with Gasteiger partial charge < -0.3 is 9.80 Å². The van der Waals surface area contributed by atoms with Crippen molar-refractivity contribution in [1.29, 1.82) is 0 Å². The van der Waals surface area contributed by atoms with E-state index < -0.39 is 0 Å². The number of urea groups is 1. The van der Waals surface area contributed by atoms with E-state index in [1.807, 2.05) is 23.3 Å². The van der Waals surface area contributed by atoms with Crippen molar-refractivity contribution >= 4 is 17.4 Å². The van der Waals surface area contributed by atoms with Crippen molar-refractivity contribution in [3.05, 3.63) is 22.4 Å². The van der Waals surface area contributed by atoms with Gasteiger partial charge in [0.1, 0.15) is 0 Å². The van der Waals surface area contributed by atoms with Gasteiger partial charge in [0, 0.05) is 31.1 Å². The first-order valence-electron chi connectivity index (χ1n) is 6.81. The van der Waals surface area contributed by atoms with E-state index in [1.165, 1.54) is 30.6 Å². The van der Waals surface area contributed by atoms with Crippen molar-refractivity contribution in [3.8, 4) is 0 Å². The summed E-state index contributed by atoms with van der Waals surface area (Å²) < 4.78 is 0. The predicted octanol–water partition coefficient (Wildman–Crippen LogP) is 3.14. The molecule has 0 atom stereocenters. The Morgan fingerprint density at radius 3 is 2.56 bits per heavy atom. The molecule has 0 N–H and O–H groups in total. The first-order valence-corrected chi connectivity index (χ1v) is 7.69. The Labute approximate surface area is 112 Å². The summed E-state index contributed by atoms with van der Waals surface area (Å²) in [5.74, 6) is 0.733. The molecule has 1 saturated carbocycles. The minimum Gasteiger partial charge on any atom is -0.326 e. The predicted molar refractivity (Wildman–Crippen MR) is 74.0 cm³/mol. The standard InChI is InChI=1S/C14H20N2OS/c1-15-8-9-16(14(15)17)12-6-4-11(5-7-12)13-3-2-10-18-13/h2-3,10-12H,4-9H2,1H3. The molecular formula is C14H20N2OS. The number of hydrogen-bond donors (Lipinski definition) is 0. The number of amides is 2. The molecule has 2 heterocycles. The molecule has 0 radical (unpaired) electrons. The largest absolute Gasteiger partial charge is 0.326 e. The number of nitrogens with zero attached hydrogens (tertiary/aromatic N) is 2. The fourth-order valence-electron chi connectivity index (χ4n) is 3.20. The van der Waals surface area contributed by atoms with E-state index in [9.17, 15) is 4.79 Å². The van der Waals surface area contributed by atoms with Gasteiger partial charge in [0.15, 0.2) is 0 Å². The minimum absolute atomic E-state index is 0.231. The summed E-state index contributed by atoms with van der Waals surface area (Å²) in [6, 6.07) is 5.11. The molecule has 98 valence electrons. The lowest BCUT2D eigenvalue weighted by atomic mass is 9.84. The molecule has 18 heavy (non-hydrogen) atoms. The van der Waals surface area contributed by atoms with Crippen LogP contribution in [-0.2, 0) is 0 Å². The van der Waals surface area contributed by atoms with E-state index in [0.717, 1.165) is 19.0 Å². The van der Waals surface area contributed by atoms with Crippen LogP contribution in [0.5, 0.6) is 0 Å². The van der Waals surface area contributed by atoms with Gasteiger partial charge in [-0.3, -0.25) is 0 Å². The Hall–Kier alpha value is -1.03. The van der Waals surface area contributed by atoms with Crippen LogP contribution < -0.4 is 0 Å². The second-order valence-electron chi connectivity index (χ2n) is 5.42. The van der Waals surface area contributed by atoms with Gasteiger partial charge in [0.2, 0.25) is 0 Å². The zero-order valence-corrected chi connectivity index (χ0v) is 11.7. The molecule has 1 saturated heterocycles. The smallest absolute Gasteiger partial charge is 0.320 e. The Bertz CT molecular complexity index is 409. The molecule has 1 aromatic heterocycles. The summed E-state index contributed by atoms with van der Waals surface area (Å²) in [6.45, 7) is 1.81. The van der Waals surface area contributed by atoms with Gasteiger partial charge in [-0.1, -0.05) is 6.07 Å². The maximum atomic E-state index is 12.0. The molecule has 1 aliphatic heterocycles. The van der Waals surface area contributed by atoms with E-state index >= 15 is 0 Å². The van der Waals surface area contributed by atoms with Crippen LogP contribution in [-0.4, -0.2) is 42.0 Å². The van der Waals surface area contributed by atoms with E-state index in [-0.39, 0.29) is 6.03 Å². The average Bonchev–Trinajstić information content (AvgIpc) is 3.02. The summed E-state index contributed by atoms with van der Waals surface area (Å²) in [4.78, 5) is 17.4. The summed E-state index contributed by atoms with van der Waals surface area (Å²) in [5.41, 5.74) is 0. The van der Waals surface area contributed by atoms with Crippen LogP contribution in [0.2, 0.25) is 0 Å². The van der Waals surface area contributed by atoms with E-state index in [2.05, 4.69) is 22.4 Å².